The van der Waals surface area contributed by atoms with Gasteiger partial charge in [0, 0.05) is 23.1 Å². The van der Waals surface area contributed by atoms with E-state index < -0.39 is 0 Å². The number of hydrogen-bond donors (Lipinski definition) is 1. The number of pyridine rings is 1. The maximum atomic E-state index is 11.7. The monoisotopic (exact) mass is 412 g/mol. The molecule has 0 saturated heterocycles. The maximum absolute atomic E-state index is 11.7. The minimum absolute atomic E-state index is 0.237. The lowest BCUT2D eigenvalue weighted by Crippen LogP contribution is -2.25. The van der Waals surface area contributed by atoms with Gasteiger partial charge in [0.15, 0.2) is 0 Å². The molecule has 0 spiro atoms. The highest BCUT2D eigenvalue weighted by Gasteiger charge is 2.45. The Hall–Kier alpha value is -3.32. The van der Waals surface area contributed by atoms with Crippen molar-refractivity contribution in [2.24, 2.45) is 17.6 Å². The number of primary amides is 1. The first-order valence-electron chi connectivity index (χ1n) is 10.9. The molecule has 0 aliphatic heterocycles. The van der Waals surface area contributed by atoms with Crippen molar-refractivity contribution >= 4 is 16.8 Å². The number of para-hydroxylation sites is 1. The van der Waals surface area contributed by atoms with Crippen LogP contribution in [0.15, 0.2) is 48.5 Å². The van der Waals surface area contributed by atoms with Crippen LogP contribution in [0.4, 0.5) is 0 Å². The summed E-state index contributed by atoms with van der Waals surface area (Å²) in [4.78, 5) is 16.4. The second kappa shape index (κ2) is 8.81. The van der Waals surface area contributed by atoms with Crippen LogP contribution >= 0.6 is 0 Å². The smallest absolute Gasteiger partial charge is 0.221 e. The number of aryl methyl sites for hydroxylation is 2. The summed E-state index contributed by atoms with van der Waals surface area (Å²) in [7, 11) is 0. The number of aromatic nitrogens is 1. The van der Waals surface area contributed by atoms with Gasteiger partial charge in [0.05, 0.1) is 11.4 Å². The van der Waals surface area contributed by atoms with Gasteiger partial charge in [-0.25, -0.2) is 0 Å². The molecule has 1 amide bonds. The molecule has 31 heavy (non-hydrogen) atoms. The summed E-state index contributed by atoms with van der Waals surface area (Å²) in [5, 5.41) is 1.13. The minimum Gasteiger partial charge on any atom is -0.489 e. The van der Waals surface area contributed by atoms with Crippen LogP contribution in [0, 0.1) is 31.1 Å². The van der Waals surface area contributed by atoms with Gasteiger partial charge in [0.1, 0.15) is 12.4 Å². The number of nitrogens with zero attached hydrogens (tertiary/aromatic N) is 1. The van der Waals surface area contributed by atoms with Crippen molar-refractivity contribution in [3.8, 4) is 18.1 Å². The summed E-state index contributed by atoms with van der Waals surface area (Å²) in [5.74, 6) is 3.52. The highest BCUT2D eigenvalue weighted by molar-refractivity contribution is 5.82. The Balaban J connectivity index is 1.49. The van der Waals surface area contributed by atoms with Crippen LogP contribution in [0.3, 0.4) is 0 Å². The molecular formula is C27H28N2O2. The first kappa shape index (κ1) is 20.9. The second-order valence-electron chi connectivity index (χ2n) is 8.38. The predicted molar refractivity (Wildman–Crippen MR) is 124 cm³/mol. The number of amides is 1. The van der Waals surface area contributed by atoms with Crippen LogP contribution in [0.25, 0.3) is 10.9 Å². The van der Waals surface area contributed by atoms with Crippen LogP contribution in [-0.2, 0) is 17.8 Å². The number of carbonyl (C=O) groups excluding carboxylic acids is 1. The minimum atomic E-state index is -0.293. The van der Waals surface area contributed by atoms with Crippen LogP contribution < -0.4 is 10.5 Å². The average molecular weight is 413 g/mol. The lowest BCUT2D eigenvalue weighted by atomic mass is 9.95. The highest BCUT2D eigenvalue weighted by Crippen LogP contribution is 2.53. The quantitative estimate of drug-likeness (QED) is 0.535. The number of benzene rings is 2. The summed E-state index contributed by atoms with van der Waals surface area (Å²) in [6, 6.07) is 16.6. The van der Waals surface area contributed by atoms with Gasteiger partial charge in [-0.15, -0.1) is 12.3 Å². The molecule has 3 aromatic rings. The van der Waals surface area contributed by atoms with Crippen molar-refractivity contribution in [1.29, 1.82) is 0 Å². The standard InChI is InChI=1S/C27H28N2O2/c1-4-8-22(27(28)30)24-15-23(24)18-11-12-26(17(3)13-18)31-16-19-14-20(5-2)29-25-10-7-6-9-21(19)25/h1,6-7,9-14,22-24H,5,8,15-16H2,2-3H3,(H2,28,30)/t22-,23-,24+/m0/s1. The van der Waals surface area contributed by atoms with Gasteiger partial charge in [-0.1, -0.05) is 37.3 Å². The Labute approximate surface area is 183 Å². The number of terminal acetylenes is 1. The van der Waals surface area contributed by atoms with Crippen LogP contribution in [-0.4, -0.2) is 10.9 Å². The summed E-state index contributed by atoms with van der Waals surface area (Å²) in [6.07, 6.45) is 7.67. The number of ether oxygens (including phenoxy) is 1. The SMILES string of the molecule is C#CC[C@H](C(N)=O)[C@H]1C[C@H]1c1ccc(OCc2cc(CC)nc3ccccc23)c(C)c1. The summed E-state index contributed by atoms with van der Waals surface area (Å²) >= 11 is 0. The van der Waals surface area contributed by atoms with Crippen molar-refractivity contribution in [2.45, 2.75) is 45.6 Å². The number of rotatable bonds is 8. The fourth-order valence-corrected chi connectivity index (χ4v) is 4.46. The first-order chi connectivity index (χ1) is 15.0. The van der Waals surface area contributed by atoms with E-state index in [1.165, 1.54) is 5.56 Å². The Morgan fingerprint density at radius 1 is 1.29 bits per heavy atom. The molecule has 2 N–H and O–H groups in total. The second-order valence-corrected chi connectivity index (χ2v) is 8.38. The molecule has 1 aliphatic rings. The molecule has 0 radical (unpaired) electrons. The third-order valence-corrected chi connectivity index (χ3v) is 6.29. The Morgan fingerprint density at radius 3 is 2.81 bits per heavy atom. The van der Waals surface area contributed by atoms with Gasteiger partial charge in [-0.3, -0.25) is 9.78 Å². The topological polar surface area (TPSA) is 65.2 Å². The van der Waals surface area contributed by atoms with E-state index in [1.807, 2.05) is 24.3 Å². The lowest BCUT2D eigenvalue weighted by molar-refractivity contribution is -0.122. The van der Waals surface area contributed by atoms with E-state index >= 15 is 0 Å². The molecule has 4 rings (SSSR count). The largest absolute Gasteiger partial charge is 0.489 e. The fraction of sp³-hybridized carbons (Fsp3) is 0.333. The third kappa shape index (κ3) is 4.41. The van der Waals surface area contributed by atoms with E-state index in [1.54, 1.807) is 0 Å². The van der Waals surface area contributed by atoms with Gasteiger partial charge in [-0.05, 0) is 60.9 Å². The van der Waals surface area contributed by atoms with E-state index in [9.17, 15) is 4.79 Å². The third-order valence-electron chi connectivity index (χ3n) is 6.29. The zero-order chi connectivity index (χ0) is 22.0. The first-order valence-corrected chi connectivity index (χ1v) is 10.9. The van der Waals surface area contributed by atoms with Gasteiger partial charge in [0.25, 0.3) is 0 Å². The fourth-order valence-electron chi connectivity index (χ4n) is 4.46. The molecule has 3 atom stereocenters. The maximum Gasteiger partial charge on any atom is 0.221 e. The molecule has 1 heterocycles. The van der Waals surface area contributed by atoms with Gasteiger partial charge in [-0.2, -0.15) is 0 Å². The average Bonchev–Trinajstić information content (AvgIpc) is 3.56. The van der Waals surface area contributed by atoms with Gasteiger partial charge >= 0.3 is 0 Å². The molecule has 4 heteroatoms. The normalized spacial score (nSPS) is 18.4. The molecule has 0 bridgehead atoms. The summed E-state index contributed by atoms with van der Waals surface area (Å²) in [5.41, 5.74) is 11.1. The van der Waals surface area contributed by atoms with E-state index in [2.05, 4.69) is 44.0 Å². The number of carbonyl (C=O) groups is 1. The van der Waals surface area contributed by atoms with Crippen molar-refractivity contribution < 1.29 is 9.53 Å². The lowest BCUT2D eigenvalue weighted by Gasteiger charge is -2.14. The van der Waals surface area contributed by atoms with E-state index in [4.69, 9.17) is 21.9 Å². The molecule has 158 valence electrons. The van der Waals surface area contributed by atoms with Crippen molar-refractivity contribution in [3.63, 3.8) is 0 Å². The highest BCUT2D eigenvalue weighted by atomic mass is 16.5. The molecule has 1 aromatic heterocycles. The van der Waals surface area contributed by atoms with Gasteiger partial charge in [0.2, 0.25) is 5.91 Å². The number of fused-ring (bicyclic) bond motifs is 1. The molecule has 1 saturated carbocycles. The Morgan fingerprint density at radius 2 is 2.10 bits per heavy atom. The zero-order valence-corrected chi connectivity index (χ0v) is 18.1. The Kier molecular flexibility index (Phi) is 5.95. The van der Waals surface area contributed by atoms with Crippen LogP contribution in [0.5, 0.6) is 5.75 Å². The van der Waals surface area contributed by atoms with Crippen molar-refractivity contribution in [1.82, 2.24) is 4.98 Å². The molecular weight excluding hydrogens is 384 g/mol. The predicted octanol–water partition coefficient (Wildman–Crippen LogP) is 4.91. The van der Waals surface area contributed by atoms with Crippen molar-refractivity contribution in [2.75, 3.05) is 0 Å². The van der Waals surface area contributed by atoms with Gasteiger partial charge < -0.3 is 10.5 Å². The molecule has 2 aromatic carbocycles. The molecule has 0 unspecified atom stereocenters. The number of nitrogens with two attached hydrogens (primary N) is 1. The Bertz CT molecular complexity index is 1160. The summed E-state index contributed by atoms with van der Waals surface area (Å²) in [6.45, 7) is 4.67. The zero-order valence-electron chi connectivity index (χ0n) is 18.1. The van der Waals surface area contributed by atoms with Crippen LogP contribution in [0.1, 0.15) is 48.1 Å². The molecule has 1 fully saturated rings. The molecule has 1 aliphatic carbocycles. The molecule has 4 nitrogen and oxygen atoms in total. The van der Waals surface area contributed by atoms with E-state index in [0.29, 0.717) is 18.9 Å². The van der Waals surface area contributed by atoms with E-state index in [0.717, 1.165) is 46.3 Å². The van der Waals surface area contributed by atoms with Crippen molar-refractivity contribution in [3.05, 3.63) is 70.9 Å². The summed E-state index contributed by atoms with van der Waals surface area (Å²) < 4.78 is 6.21. The number of hydrogen-bond acceptors (Lipinski definition) is 3. The van der Waals surface area contributed by atoms with E-state index in [-0.39, 0.29) is 17.7 Å². The van der Waals surface area contributed by atoms with Crippen LogP contribution in [0.2, 0.25) is 0 Å².